The molecule has 1 atom stereocenters. The van der Waals surface area contributed by atoms with Gasteiger partial charge in [-0.05, 0) is 30.5 Å². The highest BCUT2D eigenvalue weighted by atomic mass is 35.5. The topological polar surface area (TPSA) is 16.6 Å². The Bertz CT molecular complexity index is 436. The summed E-state index contributed by atoms with van der Waals surface area (Å²) in [6.07, 6.45) is 1.14. The van der Waals surface area contributed by atoms with Crippen LogP contribution in [0.1, 0.15) is 17.4 Å². The molecule has 2 aromatic rings. The summed E-state index contributed by atoms with van der Waals surface area (Å²) in [5.74, 6) is 0. The molecule has 2 rings (SSSR count). The molecule has 1 heterocycles. The van der Waals surface area contributed by atoms with Gasteiger partial charge in [0.15, 0.2) is 0 Å². The molecule has 1 aromatic heterocycles. The minimum absolute atomic E-state index is 0.615. The van der Waals surface area contributed by atoms with Crippen molar-refractivity contribution in [1.82, 2.24) is 0 Å². The number of hydrogen-bond acceptors (Lipinski definition) is 1. The van der Waals surface area contributed by atoms with E-state index in [1.165, 1.54) is 10.4 Å². The standard InChI is InChI=1S/C14H16ClNS/c1-11(9-14-3-2-8-17-14)16-10-12-4-6-13(15)7-5-12/h2-8,11,16H,9-10H2,1H3/p+1/t11-/m1/s1. The summed E-state index contributed by atoms with van der Waals surface area (Å²) in [4.78, 5) is 1.46. The molecule has 1 aromatic carbocycles. The highest BCUT2D eigenvalue weighted by molar-refractivity contribution is 7.09. The number of halogens is 1. The van der Waals surface area contributed by atoms with Gasteiger partial charge in [0.2, 0.25) is 0 Å². The summed E-state index contributed by atoms with van der Waals surface area (Å²) in [6, 6.07) is 13.0. The lowest BCUT2D eigenvalue weighted by Gasteiger charge is -2.09. The van der Waals surface area contributed by atoms with Crippen molar-refractivity contribution in [3.63, 3.8) is 0 Å². The van der Waals surface area contributed by atoms with Crippen molar-refractivity contribution in [3.05, 3.63) is 57.2 Å². The molecule has 1 nitrogen and oxygen atoms in total. The van der Waals surface area contributed by atoms with Crippen LogP contribution >= 0.6 is 22.9 Å². The second kappa shape index (κ2) is 6.20. The van der Waals surface area contributed by atoms with Crippen LogP contribution in [0.4, 0.5) is 0 Å². The zero-order valence-electron chi connectivity index (χ0n) is 9.90. The van der Waals surface area contributed by atoms with E-state index >= 15 is 0 Å². The summed E-state index contributed by atoms with van der Waals surface area (Å²) in [6.45, 7) is 3.29. The van der Waals surface area contributed by atoms with Crippen molar-refractivity contribution in [1.29, 1.82) is 0 Å². The first-order chi connectivity index (χ1) is 8.24. The minimum Gasteiger partial charge on any atom is -0.340 e. The fraction of sp³-hybridized carbons (Fsp3) is 0.286. The lowest BCUT2D eigenvalue weighted by molar-refractivity contribution is -0.701. The van der Waals surface area contributed by atoms with Gasteiger partial charge < -0.3 is 5.32 Å². The van der Waals surface area contributed by atoms with Crippen molar-refractivity contribution < 1.29 is 5.32 Å². The Morgan fingerprint density at radius 2 is 2.00 bits per heavy atom. The Balaban J connectivity index is 1.79. The number of rotatable bonds is 5. The van der Waals surface area contributed by atoms with E-state index in [9.17, 15) is 0 Å². The summed E-state index contributed by atoms with van der Waals surface area (Å²) in [5.41, 5.74) is 1.33. The van der Waals surface area contributed by atoms with Crippen molar-refractivity contribution >= 4 is 22.9 Å². The lowest BCUT2D eigenvalue weighted by Crippen LogP contribution is -2.88. The molecular weight excluding hydrogens is 250 g/mol. The fourth-order valence-corrected chi connectivity index (χ4v) is 2.76. The lowest BCUT2D eigenvalue weighted by atomic mass is 10.2. The average Bonchev–Trinajstić information content (AvgIpc) is 2.81. The Morgan fingerprint density at radius 1 is 1.24 bits per heavy atom. The van der Waals surface area contributed by atoms with Crippen LogP contribution in [-0.4, -0.2) is 6.04 Å². The molecule has 0 amide bonds. The Labute approximate surface area is 111 Å². The third kappa shape index (κ3) is 4.15. The summed E-state index contributed by atoms with van der Waals surface area (Å²) < 4.78 is 0. The van der Waals surface area contributed by atoms with Crippen molar-refractivity contribution in [3.8, 4) is 0 Å². The number of benzene rings is 1. The molecule has 0 fully saturated rings. The van der Waals surface area contributed by atoms with Crippen LogP contribution in [-0.2, 0) is 13.0 Å². The predicted octanol–water partition coefficient (Wildman–Crippen LogP) is 3.10. The Kier molecular flexibility index (Phi) is 4.60. The Morgan fingerprint density at radius 3 is 2.65 bits per heavy atom. The highest BCUT2D eigenvalue weighted by Gasteiger charge is 2.07. The van der Waals surface area contributed by atoms with E-state index in [0.29, 0.717) is 6.04 Å². The zero-order valence-corrected chi connectivity index (χ0v) is 11.5. The molecule has 0 bridgehead atoms. The number of thiophene rings is 1. The first-order valence-corrected chi connectivity index (χ1v) is 7.10. The normalized spacial score (nSPS) is 12.6. The van der Waals surface area contributed by atoms with E-state index < -0.39 is 0 Å². The monoisotopic (exact) mass is 266 g/mol. The number of nitrogens with two attached hydrogens (primary N) is 1. The number of quaternary nitrogens is 1. The molecule has 0 saturated heterocycles. The molecule has 0 saturated carbocycles. The van der Waals surface area contributed by atoms with Gasteiger partial charge in [0, 0.05) is 21.9 Å². The molecule has 0 spiro atoms. The van der Waals surface area contributed by atoms with E-state index in [-0.39, 0.29) is 0 Å². The van der Waals surface area contributed by atoms with Crippen LogP contribution in [0.3, 0.4) is 0 Å². The van der Waals surface area contributed by atoms with Crippen molar-refractivity contribution in [2.24, 2.45) is 0 Å². The molecule has 0 radical (unpaired) electrons. The van der Waals surface area contributed by atoms with Crippen LogP contribution in [0.2, 0.25) is 5.02 Å². The number of hydrogen-bond donors (Lipinski definition) is 1. The molecule has 0 unspecified atom stereocenters. The van der Waals surface area contributed by atoms with Crippen LogP contribution in [0.5, 0.6) is 0 Å². The Hall–Kier alpha value is -0.830. The molecular formula is C14H17ClNS+. The maximum absolute atomic E-state index is 5.86. The molecule has 2 N–H and O–H groups in total. The zero-order chi connectivity index (χ0) is 12.1. The molecule has 3 heteroatoms. The van der Waals surface area contributed by atoms with Gasteiger partial charge in [-0.3, -0.25) is 0 Å². The van der Waals surface area contributed by atoms with E-state index in [0.717, 1.165) is 18.0 Å². The van der Waals surface area contributed by atoms with Gasteiger partial charge in [0.25, 0.3) is 0 Å². The smallest absolute Gasteiger partial charge is 0.101 e. The molecule has 0 aliphatic heterocycles. The van der Waals surface area contributed by atoms with E-state index in [4.69, 9.17) is 11.6 Å². The minimum atomic E-state index is 0.615. The second-order valence-corrected chi connectivity index (χ2v) is 5.80. The summed E-state index contributed by atoms with van der Waals surface area (Å²) >= 11 is 7.70. The molecule has 0 aliphatic rings. The van der Waals surface area contributed by atoms with Gasteiger partial charge in [-0.1, -0.05) is 29.8 Å². The third-order valence-corrected chi connectivity index (χ3v) is 3.92. The predicted molar refractivity (Wildman–Crippen MR) is 74.6 cm³/mol. The third-order valence-electron chi connectivity index (χ3n) is 2.77. The average molecular weight is 267 g/mol. The van der Waals surface area contributed by atoms with E-state index in [1.54, 1.807) is 0 Å². The summed E-state index contributed by atoms with van der Waals surface area (Å²) in [5, 5.41) is 5.32. The van der Waals surface area contributed by atoms with Crippen LogP contribution in [0, 0.1) is 0 Å². The van der Waals surface area contributed by atoms with Crippen molar-refractivity contribution in [2.45, 2.75) is 25.9 Å². The van der Waals surface area contributed by atoms with Crippen molar-refractivity contribution in [2.75, 3.05) is 0 Å². The van der Waals surface area contributed by atoms with E-state index in [1.807, 2.05) is 23.5 Å². The van der Waals surface area contributed by atoms with Gasteiger partial charge in [-0.2, -0.15) is 0 Å². The highest BCUT2D eigenvalue weighted by Crippen LogP contribution is 2.10. The van der Waals surface area contributed by atoms with Crippen LogP contribution in [0.25, 0.3) is 0 Å². The largest absolute Gasteiger partial charge is 0.340 e. The molecule has 17 heavy (non-hydrogen) atoms. The van der Waals surface area contributed by atoms with Gasteiger partial charge in [-0.25, -0.2) is 0 Å². The summed E-state index contributed by atoms with van der Waals surface area (Å²) in [7, 11) is 0. The van der Waals surface area contributed by atoms with Gasteiger partial charge >= 0.3 is 0 Å². The first kappa shape index (κ1) is 12.6. The second-order valence-electron chi connectivity index (χ2n) is 4.33. The molecule has 0 aliphatic carbocycles. The van der Waals surface area contributed by atoms with E-state index in [2.05, 4.69) is 41.9 Å². The fourth-order valence-electron chi connectivity index (χ4n) is 1.79. The quantitative estimate of drug-likeness (QED) is 0.857. The van der Waals surface area contributed by atoms with Gasteiger partial charge in [0.05, 0.1) is 6.04 Å². The van der Waals surface area contributed by atoms with Crippen LogP contribution in [0.15, 0.2) is 41.8 Å². The molecule has 90 valence electrons. The van der Waals surface area contributed by atoms with Gasteiger partial charge in [-0.15, -0.1) is 11.3 Å². The maximum atomic E-state index is 5.86. The first-order valence-electron chi connectivity index (χ1n) is 5.84. The van der Waals surface area contributed by atoms with Gasteiger partial charge in [0.1, 0.15) is 6.54 Å². The van der Waals surface area contributed by atoms with Crippen LogP contribution < -0.4 is 5.32 Å². The SMILES string of the molecule is C[C@H](Cc1cccs1)[NH2+]Cc1ccc(Cl)cc1. The maximum Gasteiger partial charge on any atom is 0.101 e.